The fourth-order valence-electron chi connectivity index (χ4n) is 1.83. The summed E-state index contributed by atoms with van der Waals surface area (Å²) in [5.74, 6) is -0.531. The van der Waals surface area contributed by atoms with E-state index in [0.717, 1.165) is 11.3 Å². The first-order valence-electron chi connectivity index (χ1n) is 6.43. The number of ether oxygens (including phenoxy) is 2. The van der Waals surface area contributed by atoms with Crippen LogP contribution in [0.1, 0.15) is 20.9 Å². The molecule has 0 aliphatic heterocycles. The van der Waals surface area contributed by atoms with Gasteiger partial charge in [0.25, 0.3) is 0 Å². The van der Waals surface area contributed by atoms with E-state index in [4.69, 9.17) is 14.6 Å². The molecule has 0 saturated heterocycles. The molecule has 0 aliphatic rings. The Morgan fingerprint density at radius 1 is 1.45 bits per heavy atom. The van der Waals surface area contributed by atoms with E-state index in [1.807, 2.05) is 0 Å². The quantitative estimate of drug-likeness (QED) is 0.823. The maximum absolute atomic E-state index is 11.1. The van der Waals surface area contributed by atoms with Gasteiger partial charge in [-0.15, -0.1) is 11.3 Å². The minimum absolute atomic E-state index is 0.203. The molecule has 2 aromatic rings. The minimum Gasteiger partial charge on any atom is -0.490 e. The molecule has 1 N–H and O–H groups in total. The van der Waals surface area contributed by atoms with Crippen molar-refractivity contribution >= 4 is 17.3 Å². The van der Waals surface area contributed by atoms with Crippen LogP contribution in [0.15, 0.2) is 18.2 Å². The van der Waals surface area contributed by atoms with Gasteiger partial charge < -0.3 is 14.6 Å². The molecule has 0 unspecified atom stereocenters. The molecular weight excluding hydrogens is 304 g/mol. The number of aromatic carboxylic acids is 1. The monoisotopic (exact) mass is 318 g/mol. The smallest absolute Gasteiger partial charge is 0.347 e. The largest absolute Gasteiger partial charge is 0.490 e. The highest BCUT2D eigenvalue weighted by Crippen LogP contribution is 2.31. The van der Waals surface area contributed by atoms with Crippen LogP contribution in [0, 0.1) is 18.3 Å². The first kappa shape index (κ1) is 15.9. The van der Waals surface area contributed by atoms with Crippen LogP contribution >= 0.6 is 11.3 Å². The molecule has 1 aromatic carbocycles. The maximum atomic E-state index is 11.1. The lowest BCUT2D eigenvalue weighted by Crippen LogP contribution is -2.05. The number of nitriles is 1. The summed E-state index contributed by atoms with van der Waals surface area (Å²) in [5, 5.41) is 18.9. The fraction of sp³-hybridized carbons (Fsp3) is 0.267. The van der Waals surface area contributed by atoms with E-state index in [2.05, 4.69) is 11.1 Å². The Kier molecular flexibility index (Phi) is 5.09. The fourth-order valence-corrected chi connectivity index (χ4v) is 2.73. The summed E-state index contributed by atoms with van der Waals surface area (Å²) in [6.07, 6.45) is 0. The summed E-state index contributed by atoms with van der Waals surface area (Å²) < 4.78 is 10.4. The van der Waals surface area contributed by atoms with E-state index >= 15 is 0 Å². The standard InChI is InChI=1S/C15H14N2O4S/c1-9-13(15(18)19)22-14(17-9)10-3-4-12(11(7-10)8-16)21-6-5-20-2/h3-4,7H,5-6H2,1-2H3,(H,18,19). The second-order valence-electron chi connectivity index (χ2n) is 4.40. The lowest BCUT2D eigenvalue weighted by atomic mass is 10.1. The van der Waals surface area contributed by atoms with Crippen molar-refractivity contribution in [1.29, 1.82) is 5.26 Å². The van der Waals surface area contributed by atoms with Crippen molar-refractivity contribution in [1.82, 2.24) is 4.98 Å². The van der Waals surface area contributed by atoms with Crippen LogP contribution in [0.2, 0.25) is 0 Å². The lowest BCUT2D eigenvalue weighted by molar-refractivity contribution is 0.0701. The molecule has 1 aromatic heterocycles. The first-order valence-corrected chi connectivity index (χ1v) is 7.25. The highest BCUT2D eigenvalue weighted by molar-refractivity contribution is 7.17. The van der Waals surface area contributed by atoms with Crippen LogP contribution in [0.4, 0.5) is 0 Å². The van der Waals surface area contributed by atoms with Crippen molar-refractivity contribution in [2.75, 3.05) is 20.3 Å². The van der Waals surface area contributed by atoms with Gasteiger partial charge >= 0.3 is 5.97 Å². The number of carboxylic acid groups (broad SMARTS) is 1. The van der Waals surface area contributed by atoms with Crippen LogP contribution < -0.4 is 4.74 Å². The second-order valence-corrected chi connectivity index (χ2v) is 5.40. The summed E-state index contributed by atoms with van der Waals surface area (Å²) in [6.45, 7) is 2.43. The predicted octanol–water partition coefficient (Wildman–Crippen LogP) is 2.71. The third-order valence-corrected chi connectivity index (χ3v) is 4.08. The molecule has 7 heteroatoms. The molecule has 0 radical (unpaired) electrons. The highest BCUT2D eigenvalue weighted by Gasteiger charge is 2.16. The average Bonchev–Trinajstić information content (AvgIpc) is 2.90. The topological polar surface area (TPSA) is 92.4 Å². The van der Waals surface area contributed by atoms with E-state index in [1.165, 1.54) is 0 Å². The maximum Gasteiger partial charge on any atom is 0.347 e. The van der Waals surface area contributed by atoms with Gasteiger partial charge in [-0.3, -0.25) is 0 Å². The molecule has 0 saturated carbocycles. The number of hydrogen-bond donors (Lipinski definition) is 1. The van der Waals surface area contributed by atoms with Crippen molar-refractivity contribution in [3.63, 3.8) is 0 Å². The third kappa shape index (κ3) is 3.42. The summed E-state index contributed by atoms with van der Waals surface area (Å²) in [7, 11) is 1.57. The average molecular weight is 318 g/mol. The van der Waals surface area contributed by atoms with Gasteiger partial charge in [0.1, 0.15) is 28.3 Å². The summed E-state index contributed by atoms with van der Waals surface area (Å²) in [6, 6.07) is 7.15. The van der Waals surface area contributed by atoms with Crippen LogP contribution in [0.3, 0.4) is 0 Å². The van der Waals surface area contributed by atoms with E-state index in [9.17, 15) is 10.1 Å². The van der Waals surface area contributed by atoms with Crippen LogP contribution in [-0.2, 0) is 4.74 Å². The van der Waals surface area contributed by atoms with Crippen molar-refractivity contribution in [3.05, 3.63) is 34.3 Å². The van der Waals surface area contributed by atoms with Gasteiger partial charge in [-0.25, -0.2) is 9.78 Å². The highest BCUT2D eigenvalue weighted by atomic mass is 32.1. The Balaban J connectivity index is 2.31. The second kappa shape index (κ2) is 7.02. The predicted molar refractivity (Wildman–Crippen MR) is 81.3 cm³/mol. The Bertz CT molecular complexity index is 734. The molecule has 0 aliphatic carbocycles. The molecule has 2 rings (SSSR count). The zero-order chi connectivity index (χ0) is 16.1. The number of rotatable bonds is 6. The number of hydrogen-bond acceptors (Lipinski definition) is 6. The number of thiazole rings is 1. The molecule has 0 spiro atoms. The molecule has 0 bridgehead atoms. The normalized spacial score (nSPS) is 10.2. The molecule has 0 atom stereocenters. The van der Waals surface area contributed by atoms with E-state index in [1.54, 1.807) is 32.2 Å². The van der Waals surface area contributed by atoms with Gasteiger partial charge in [0.2, 0.25) is 0 Å². The Hall–Kier alpha value is -2.43. The molecule has 1 heterocycles. The molecule has 6 nitrogen and oxygen atoms in total. The molecular formula is C15H14N2O4S. The van der Waals surface area contributed by atoms with E-state index in [0.29, 0.717) is 40.8 Å². The SMILES string of the molecule is COCCOc1ccc(-c2nc(C)c(C(=O)O)s2)cc1C#N. The number of methoxy groups -OCH3 is 1. The van der Waals surface area contributed by atoms with Gasteiger partial charge in [-0.1, -0.05) is 0 Å². The number of aromatic nitrogens is 1. The van der Waals surface area contributed by atoms with Gasteiger partial charge in [0.15, 0.2) is 0 Å². The van der Waals surface area contributed by atoms with Gasteiger partial charge in [0.05, 0.1) is 17.9 Å². The van der Waals surface area contributed by atoms with Crippen molar-refractivity contribution in [2.45, 2.75) is 6.92 Å². The molecule has 0 fully saturated rings. The van der Waals surface area contributed by atoms with Gasteiger partial charge in [-0.2, -0.15) is 5.26 Å². The summed E-state index contributed by atoms with van der Waals surface area (Å²) in [5.41, 5.74) is 1.53. The number of benzene rings is 1. The number of carbonyl (C=O) groups is 1. The minimum atomic E-state index is -0.999. The Morgan fingerprint density at radius 3 is 2.82 bits per heavy atom. The Labute approximate surface area is 131 Å². The molecule has 114 valence electrons. The number of nitrogens with zero attached hydrogens (tertiary/aromatic N) is 2. The third-order valence-electron chi connectivity index (χ3n) is 2.88. The first-order chi connectivity index (χ1) is 10.6. The van der Waals surface area contributed by atoms with E-state index in [-0.39, 0.29) is 4.88 Å². The van der Waals surface area contributed by atoms with Gasteiger partial charge in [-0.05, 0) is 25.1 Å². The number of carboxylic acids is 1. The lowest BCUT2D eigenvalue weighted by Gasteiger charge is -2.08. The van der Waals surface area contributed by atoms with E-state index < -0.39 is 5.97 Å². The summed E-state index contributed by atoms with van der Waals surface area (Å²) >= 11 is 1.09. The van der Waals surface area contributed by atoms with Crippen LogP contribution in [0.25, 0.3) is 10.6 Å². The van der Waals surface area contributed by atoms with Crippen molar-refractivity contribution in [2.24, 2.45) is 0 Å². The zero-order valence-corrected chi connectivity index (χ0v) is 12.9. The zero-order valence-electron chi connectivity index (χ0n) is 12.1. The van der Waals surface area contributed by atoms with Crippen molar-refractivity contribution < 1.29 is 19.4 Å². The molecule has 22 heavy (non-hydrogen) atoms. The number of aryl methyl sites for hydroxylation is 1. The van der Waals surface area contributed by atoms with Crippen molar-refractivity contribution in [3.8, 4) is 22.4 Å². The summed E-state index contributed by atoms with van der Waals surface area (Å²) in [4.78, 5) is 15.5. The molecule has 0 amide bonds. The Morgan fingerprint density at radius 2 is 2.23 bits per heavy atom. The van der Waals surface area contributed by atoms with Gasteiger partial charge in [0, 0.05) is 12.7 Å². The van der Waals surface area contributed by atoms with Crippen LogP contribution in [0.5, 0.6) is 5.75 Å². The van der Waals surface area contributed by atoms with Crippen LogP contribution in [-0.4, -0.2) is 36.4 Å².